The average Bonchev–Trinajstić information content (AvgIpc) is 2.68. The fraction of sp³-hybridized carbons (Fsp3) is 0.286. The Morgan fingerprint density at radius 3 is 2.65 bits per heavy atom. The summed E-state index contributed by atoms with van der Waals surface area (Å²) in [6, 6.07) is 6.62. The van der Waals surface area contributed by atoms with Gasteiger partial charge in [0.25, 0.3) is 0 Å². The molecule has 0 aliphatic carbocycles. The van der Waals surface area contributed by atoms with Gasteiger partial charge < -0.3 is 9.73 Å². The van der Waals surface area contributed by atoms with Gasteiger partial charge in [0.15, 0.2) is 0 Å². The molecule has 5 nitrogen and oxygen atoms in total. The van der Waals surface area contributed by atoms with E-state index < -0.39 is 4.92 Å². The summed E-state index contributed by atoms with van der Waals surface area (Å²) >= 11 is 5.89. The second-order valence-corrected chi connectivity index (χ2v) is 5.03. The Kier molecular flexibility index (Phi) is 3.99. The number of para-hydroxylation sites is 1. The van der Waals surface area contributed by atoms with Crippen LogP contribution in [-0.2, 0) is 0 Å². The largest absolute Gasteiger partial charge is 0.466 e. The Balaban J connectivity index is 2.33. The molecule has 0 aliphatic rings. The number of nitro benzene ring substituents is 1. The van der Waals surface area contributed by atoms with Crippen LogP contribution in [0.5, 0.6) is 0 Å². The Hall–Kier alpha value is -2.01. The van der Waals surface area contributed by atoms with Crippen LogP contribution >= 0.6 is 11.6 Å². The summed E-state index contributed by atoms with van der Waals surface area (Å²) in [5, 5.41) is 14.3. The number of benzene rings is 1. The number of hydrogen-bond acceptors (Lipinski definition) is 4. The van der Waals surface area contributed by atoms with Crippen molar-refractivity contribution in [1.82, 2.24) is 0 Å². The molecule has 0 bridgehead atoms. The Labute approximate surface area is 121 Å². The monoisotopic (exact) mass is 294 g/mol. The fourth-order valence-electron chi connectivity index (χ4n) is 2.21. The first-order valence-electron chi connectivity index (χ1n) is 6.16. The highest BCUT2D eigenvalue weighted by Gasteiger charge is 2.21. The van der Waals surface area contributed by atoms with Gasteiger partial charge in [0.1, 0.15) is 22.2 Å². The number of anilines is 1. The van der Waals surface area contributed by atoms with E-state index in [-0.39, 0.29) is 16.8 Å². The highest BCUT2D eigenvalue weighted by Crippen LogP contribution is 2.35. The molecule has 1 N–H and O–H groups in total. The van der Waals surface area contributed by atoms with Gasteiger partial charge in [-0.25, -0.2) is 0 Å². The van der Waals surface area contributed by atoms with Crippen LogP contribution in [0.3, 0.4) is 0 Å². The van der Waals surface area contributed by atoms with Crippen molar-refractivity contribution in [3.8, 4) is 0 Å². The molecule has 0 saturated heterocycles. The summed E-state index contributed by atoms with van der Waals surface area (Å²) in [5.41, 5.74) is 1.25. The molecule has 20 heavy (non-hydrogen) atoms. The lowest BCUT2D eigenvalue weighted by atomic mass is 10.1. The van der Waals surface area contributed by atoms with Crippen LogP contribution in [0.2, 0.25) is 5.02 Å². The van der Waals surface area contributed by atoms with Crippen molar-refractivity contribution in [2.24, 2.45) is 0 Å². The maximum absolute atomic E-state index is 11.1. The number of rotatable bonds is 4. The van der Waals surface area contributed by atoms with Gasteiger partial charge in [-0.05, 0) is 39.0 Å². The molecular weight excluding hydrogens is 280 g/mol. The molecule has 1 aromatic carbocycles. The number of halogens is 1. The van der Waals surface area contributed by atoms with E-state index in [1.54, 1.807) is 12.1 Å². The molecule has 0 spiro atoms. The first-order chi connectivity index (χ1) is 9.40. The van der Waals surface area contributed by atoms with Crippen molar-refractivity contribution in [2.75, 3.05) is 5.32 Å². The average molecular weight is 295 g/mol. The van der Waals surface area contributed by atoms with Gasteiger partial charge in [0.2, 0.25) is 0 Å². The number of aryl methyl sites for hydroxylation is 2. The van der Waals surface area contributed by atoms with E-state index in [0.29, 0.717) is 5.69 Å². The van der Waals surface area contributed by atoms with Crippen molar-refractivity contribution in [1.29, 1.82) is 0 Å². The topological polar surface area (TPSA) is 68.3 Å². The lowest BCUT2D eigenvalue weighted by Gasteiger charge is -2.15. The Morgan fingerprint density at radius 1 is 1.40 bits per heavy atom. The number of nitrogens with one attached hydrogen (secondary N) is 1. The van der Waals surface area contributed by atoms with E-state index in [9.17, 15) is 10.1 Å². The molecule has 106 valence electrons. The molecular formula is C14H15ClN2O3. The van der Waals surface area contributed by atoms with Crippen molar-refractivity contribution < 1.29 is 9.34 Å². The van der Waals surface area contributed by atoms with E-state index in [1.165, 1.54) is 6.07 Å². The predicted octanol–water partition coefficient (Wildman–Crippen LogP) is 4.63. The quantitative estimate of drug-likeness (QED) is 0.659. The minimum absolute atomic E-state index is 0.112. The second-order valence-electron chi connectivity index (χ2n) is 4.63. The summed E-state index contributed by atoms with van der Waals surface area (Å²) in [4.78, 5) is 10.6. The second kappa shape index (κ2) is 5.54. The smallest absolute Gasteiger partial charge is 0.310 e. The lowest BCUT2D eigenvalue weighted by Crippen LogP contribution is -2.08. The van der Waals surface area contributed by atoms with Gasteiger partial charge in [-0.1, -0.05) is 17.7 Å². The molecule has 2 rings (SSSR count). The highest BCUT2D eigenvalue weighted by molar-refractivity contribution is 6.33. The summed E-state index contributed by atoms with van der Waals surface area (Å²) in [7, 11) is 0. The van der Waals surface area contributed by atoms with E-state index in [2.05, 4.69) is 5.32 Å². The molecule has 1 unspecified atom stereocenters. The van der Waals surface area contributed by atoms with Crippen LogP contribution in [0.4, 0.5) is 11.4 Å². The zero-order valence-corrected chi connectivity index (χ0v) is 12.2. The normalized spacial score (nSPS) is 12.2. The number of furan rings is 1. The fourth-order valence-corrected chi connectivity index (χ4v) is 2.45. The van der Waals surface area contributed by atoms with Gasteiger partial charge >= 0.3 is 5.69 Å². The number of nitro groups is 1. The van der Waals surface area contributed by atoms with Gasteiger partial charge in [-0.3, -0.25) is 10.1 Å². The lowest BCUT2D eigenvalue weighted by molar-refractivity contribution is -0.383. The molecule has 1 atom stereocenters. The predicted molar refractivity (Wildman–Crippen MR) is 78.3 cm³/mol. The van der Waals surface area contributed by atoms with Crippen LogP contribution in [-0.4, -0.2) is 4.92 Å². The minimum atomic E-state index is -0.481. The third-order valence-electron chi connectivity index (χ3n) is 3.09. The van der Waals surface area contributed by atoms with Gasteiger partial charge in [0, 0.05) is 5.56 Å². The van der Waals surface area contributed by atoms with Crippen LogP contribution in [0.1, 0.15) is 30.0 Å². The zero-order chi connectivity index (χ0) is 14.9. The Bertz CT molecular complexity index is 652. The minimum Gasteiger partial charge on any atom is -0.466 e. The van der Waals surface area contributed by atoms with Crippen molar-refractivity contribution in [3.63, 3.8) is 0 Å². The maximum atomic E-state index is 11.1. The third kappa shape index (κ3) is 2.77. The van der Waals surface area contributed by atoms with Gasteiger partial charge in [-0.2, -0.15) is 0 Å². The van der Waals surface area contributed by atoms with Crippen molar-refractivity contribution in [3.05, 3.63) is 56.5 Å². The molecule has 1 aromatic heterocycles. The number of nitrogens with zero attached hydrogens (tertiary/aromatic N) is 1. The standard InChI is InChI=1S/C14H15ClN2O3/c1-8-7-11(10(3)20-8)9(2)16-13-6-4-5-12(15)14(13)17(18)19/h4-7,9,16H,1-3H3. The van der Waals surface area contributed by atoms with E-state index in [0.717, 1.165) is 17.1 Å². The van der Waals surface area contributed by atoms with E-state index in [1.807, 2.05) is 26.8 Å². The molecule has 0 amide bonds. The van der Waals surface area contributed by atoms with E-state index in [4.69, 9.17) is 16.0 Å². The summed E-state index contributed by atoms with van der Waals surface area (Å²) in [6.07, 6.45) is 0. The zero-order valence-electron chi connectivity index (χ0n) is 11.4. The molecule has 1 heterocycles. The first-order valence-corrected chi connectivity index (χ1v) is 6.54. The molecule has 0 aliphatic heterocycles. The van der Waals surface area contributed by atoms with Crippen LogP contribution in [0.15, 0.2) is 28.7 Å². The van der Waals surface area contributed by atoms with Crippen molar-refractivity contribution in [2.45, 2.75) is 26.8 Å². The summed E-state index contributed by atoms with van der Waals surface area (Å²) in [5.74, 6) is 1.61. The highest BCUT2D eigenvalue weighted by atomic mass is 35.5. The maximum Gasteiger partial charge on any atom is 0.310 e. The third-order valence-corrected chi connectivity index (χ3v) is 3.39. The van der Waals surface area contributed by atoms with E-state index >= 15 is 0 Å². The van der Waals surface area contributed by atoms with Gasteiger partial charge in [0.05, 0.1) is 11.0 Å². The summed E-state index contributed by atoms with van der Waals surface area (Å²) in [6.45, 7) is 5.65. The molecule has 0 fully saturated rings. The first kappa shape index (κ1) is 14.4. The van der Waals surface area contributed by atoms with Crippen LogP contribution < -0.4 is 5.32 Å². The van der Waals surface area contributed by atoms with Crippen molar-refractivity contribution >= 4 is 23.0 Å². The number of hydrogen-bond donors (Lipinski definition) is 1. The summed E-state index contributed by atoms with van der Waals surface area (Å²) < 4.78 is 5.47. The molecule has 2 aromatic rings. The van der Waals surface area contributed by atoms with Gasteiger partial charge in [-0.15, -0.1) is 0 Å². The van der Waals surface area contributed by atoms with Crippen LogP contribution in [0, 0.1) is 24.0 Å². The molecule has 0 radical (unpaired) electrons. The molecule has 0 saturated carbocycles. The Morgan fingerprint density at radius 2 is 2.10 bits per heavy atom. The SMILES string of the molecule is Cc1cc(C(C)Nc2cccc(Cl)c2[N+](=O)[O-])c(C)o1. The van der Waals surface area contributed by atoms with Crippen LogP contribution in [0.25, 0.3) is 0 Å². The molecule has 6 heteroatoms.